The molecule has 2 heterocycles. The summed E-state index contributed by atoms with van der Waals surface area (Å²) in [6, 6.07) is 5.77. The first-order valence-electron chi connectivity index (χ1n) is 13.8. The third-order valence-corrected chi connectivity index (χ3v) is 5.92. The van der Waals surface area contributed by atoms with Crippen LogP contribution in [-0.2, 0) is 70.3 Å². The van der Waals surface area contributed by atoms with Crippen LogP contribution in [0.25, 0.3) is 0 Å². The highest BCUT2D eigenvalue weighted by Gasteiger charge is 2.25. The predicted octanol–water partition coefficient (Wildman–Crippen LogP) is -3.20. The Kier molecular flexibility index (Phi) is 13.2. The first kappa shape index (κ1) is 34.7. The molecule has 1 saturated heterocycles. The van der Waals surface area contributed by atoms with Crippen LogP contribution in [0.1, 0.15) is 16.7 Å². The van der Waals surface area contributed by atoms with Gasteiger partial charge in [-0.25, -0.2) is 4.79 Å². The molecule has 1 atom stereocenters. The predicted molar refractivity (Wildman–Crippen MR) is 151 cm³/mol. The highest BCUT2D eigenvalue weighted by molar-refractivity contribution is 5.90. The summed E-state index contributed by atoms with van der Waals surface area (Å²) in [5.41, 5.74) is 2.54. The molecule has 1 fully saturated rings. The van der Waals surface area contributed by atoms with E-state index in [2.05, 4.69) is 35.8 Å². The van der Waals surface area contributed by atoms with Crippen molar-refractivity contribution in [2.75, 3.05) is 46.1 Å². The summed E-state index contributed by atoms with van der Waals surface area (Å²) in [7, 11) is 0. The molecular formula is C28H32N6O12. The number of nitrogens with zero attached hydrogens (tertiary/aromatic N) is 2. The van der Waals surface area contributed by atoms with E-state index in [1.54, 1.807) is 23.0 Å². The molecule has 46 heavy (non-hydrogen) atoms. The Morgan fingerprint density at radius 1 is 0.674 bits per heavy atom. The van der Waals surface area contributed by atoms with Crippen molar-refractivity contribution < 1.29 is 57.3 Å². The number of hydrogen-bond acceptors (Lipinski definition) is 13. The quantitative estimate of drug-likeness (QED) is 0.190. The molecule has 1 aromatic heterocycles. The van der Waals surface area contributed by atoms with E-state index in [9.17, 15) is 38.4 Å². The van der Waals surface area contributed by atoms with Gasteiger partial charge in [0.15, 0.2) is 26.4 Å². The Balaban J connectivity index is 1.65. The standard InChI is InChI=1S/C28H32N6O12/c1-17-7-32-34(11-17)12-19-4-2-18(3-5-19)6-20-28(42)46-15-23(37)31-9-26(40)44-13-21(35)29-8-25(39)43-14-22(36)30-10-27(41)45-16-24(38)33-20/h2-5,7,11,20H,6,8-10,12-16H2,1H3,(H,29,35)(H,30,36)(H,31,37)(H,33,38). The molecule has 0 spiro atoms. The SMILES string of the molecule is Cc1cnn(Cc2ccc(CC3NC(=O)COC(=O)CNC(=O)COC(=O)CNC(=O)COC(=O)CNC(=O)COC3=O)cc2)c1. The molecule has 1 aliphatic rings. The zero-order valence-corrected chi connectivity index (χ0v) is 24.7. The molecule has 0 aliphatic carbocycles. The van der Waals surface area contributed by atoms with E-state index in [1.807, 2.05) is 25.3 Å². The van der Waals surface area contributed by atoms with Crippen LogP contribution in [0.5, 0.6) is 0 Å². The molecular weight excluding hydrogens is 612 g/mol. The van der Waals surface area contributed by atoms with E-state index in [1.165, 1.54) is 0 Å². The molecule has 2 aromatic rings. The highest BCUT2D eigenvalue weighted by atomic mass is 16.6. The van der Waals surface area contributed by atoms with Gasteiger partial charge in [-0.1, -0.05) is 24.3 Å². The summed E-state index contributed by atoms with van der Waals surface area (Å²) < 4.78 is 20.9. The van der Waals surface area contributed by atoms with Gasteiger partial charge in [-0.2, -0.15) is 5.10 Å². The number of hydrogen-bond donors (Lipinski definition) is 4. The van der Waals surface area contributed by atoms with Gasteiger partial charge in [0.2, 0.25) is 0 Å². The van der Waals surface area contributed by atoms with Gasteiger partial charge < -0.3 is 40.2 Å². The van der Waals surface area contributed by atoms with E-state index < -0.39 is 99.6 Å². The van der Waals surface area contributed by atoms with E-state index in [-0.39, 0.29) is 6.42 Å². The van der Waals surface area contributed by atoms with Crippen molar-refractivity contribution in [2.24, 2.45) is 0 Å². The van der Waals surface area contributed by atoms with Gasteiger partial charge in [0.1, 0.15) is 25.7 Å². The summed E-state index contributed by atoms with van der Waals surface area (Å²) >= 11 is 0. The lowest BCUT2D eigenvalue weighted by Gasteiger charge is -2.18. The molecule has 1 aliphatic heterocycles. The van der Waals surface area contributed by atoms with Gasteiger partial charge in [-0.3, -0.25) is 38.2 Å². The minimum Gasteiger partial charge on any atom is -0.454 e. The minimum atomic E-state index is -1.32. The Morgan fingerprint density at radius 3 is 1.61 bits per heavy atom. The third kappa shape index (κ3) is 12.8. The molecule has 18 nitrogen and oxygen atoms in total. The average molecular weight is 645 g/mol. The van der Waals surface area contributed by atoms with Gasteiger partial charge in [0.25, 0.3) is 23.6 Å². The van der Waals surface area contributed by atoms with Crippen LogP contribution in [-0.4, -0.2) is 109 Å². The van der Waals surface area contributed by atoms with Gasteiger partial charge in [0, 0.05) is 12.6 Å². The Labute approximate surface area is 261 Å². The van der Waals surface area contributed by atoms with Crippen molar-refractivity contribution in [3.63, 3.8) is 0 Å². The number of cyclic esters (lactones) is 4. The Morgan fingerprint density at radius 2 is 1.13 bits per heavy atom. The second kappa shape index (κ2) is 17.5. The summed E-state index contributed by atoms with van der Waals surface area (Å²) in [6.07, 6.45) is 3.54. The molecule has 4 N–H and O–H groups in total. The van der Waals surface area contributed by atoms with Crippen molar-refractivity contribution in [1.29, 1.82) is 0 Å². The Hall–Kier alpha value is -5.81. The largest absolute Gasteiger partial charge is 0.454 e. The number of rotatable bonds is 4. The van der Waals surface area contributed by atoms with Gasteiger partial charge >= 0.3 is 23.9 Å². The zero-order valence-electron chi connectivity index (χ0n) is 24.7. The van der Waals surface area contributed by atoms with Crippen molar-refractivity contribution in [2.45, 2.75) is 25.9 Å². The maximum Gasteiger partial charge on any atom is 0.329 e. The number of ether oxygens (including phenoxy) is 4. The first-order chi connectivity index (χ1) is 22.0. The molecule has 0 saturated carbocycles. The number of benzene rings is 1. The fourth-order valence-corrected chi connectivity index (χ4v) is 3.68. The summed E-state index contributed by atoms with van der Waals surface area (Å²) in [5.74, 6) is -7.53. The van der Waals surface area contributed by atoms with Gasteiger partial charge in [-0.05, 0) is 23.6 Å². The molecule has 1 unspecified atom stereocenters. The fourth-order valence-electron chi connectivity index (χ4n) is 3.68. The van der Waals surface area contributed by atoms with Crippen molar-refractivity contribution >= 4 is 47.5 Å². The van der Waals surface area contributed by atoms with Crippen molar-refractivity contribution in [1.82, 2.24) is 31.0 Å². The van der Waals surface area contributed by atoms with E-state index in [4.69, 9.17) is 9.47 Å². The van der Waals surface area contributed by atoms with Gasteiger partial charge in [-0.15, -0.1) is 0 Å². The number of nitrogens with one attached hydrogen (secondary N) is 4. The van der Waals surface area contributed by atoms with E-state index >= 15 is 0 Å². The number of aromatic nitrogens is 2. The van der Waals surface area contributed by atoms with Crippen LogP contribution >= 0.6 is 0 Å². The van der Waals surface area contributed by atoms with Crippen LogP contribution in [0.2, 0.25) is 0 Å². The topological polar surface area (TPSA) is 239 Å². The monoisotopic (exact) mass is 644 g/mol. The number of carbonyl (C=O) groups is 8. The lowest BCUT2D eigenvalue weighted by molar-refractivity contribution is -0.154. The number of carbonyl (C=O) groups excluding carboxylic acids is 8. The van der Waals surface area contributed by atoms with E-state index in [0.717, 1.165) is 11.1 Å². The van der Waals surface area contributed by atoms with Crippen LogP contribution in [0, 0.1) is 6.92 Å². The minimum absolute atomic E-state index is 0.0650. The van der Waals surface area contributed by atoms with Crippen LogP contribution in [0.15, 0.2) is 36.7 Å². The molecule has 246 valence electrons. The van der Waals surface area contributed by atoms with Crippen LogP contribution in [0.3, 0.4) is 0 Å². The molecule has 1 aromatic carbocycles. The normalized spacial score (nSPS) is 18.8. The molecule has 0 bridgehead atoms. The lowest BCUT2D eigenvalue weighted by Crippen LogP contribution is -2.46. The Bertz CT molecular complexity index is 1450. The van der Waals surface area contributed by atoms with E-state index in [0.29, 0.717) is 12.1 Å². The molecule has 0 radical (unpaired) electrons. The molecule has 18 heteroatoms. The second-order valence-corrected chi connectivity index (χ2v) is 9.78. The number of aryl methyl sites for hydroxylation is 1. The maximum atomic E-state index is 12.9. The van der Waals surface area contributed by atoms with Gasteiger partial charge in [0.05, 0.1) is 12.7 Å². The summed E-state index contributed by atoms with van der Waals surface area (Å²) in [4.78, 5) is 96.7. The highest BCUT2D eigenvalue weighted by Crippen LogP contribution is 2.10. The van der Waals surface area contributed by atoms with Crippen molar-refractivity contribution in [3.05, 3.63) is 53.3 Å². The number of esters is 4. The number of amides is 4. The summed E-state index contributed by atoms with van der Waals surface area (Å²) in [5, 5.41) is 13.0. The third-order valence-electron chi connectivity index (χ3n) is 5.92. The van der Waals surface area contributed by atoms with Crippen molar-refractivity contribution in [3.8, 4) is 0 Å². The molecule has 4 amide bonds. The second-order valence-electron chi connectivity index (χ2n) is 9.78. The average Bonchev–Trinajstić information content (AvgIpc) is 3.45. The first-order valence-corrected chi connectivity index (χ1v) is 13.8. The fraction of sp³-hybridized carbons (Fsp3) is 0.393. The summed E-state index contributed by atoms with van der Waals surface area (Å²) in [6.45, 7) is -2.79. The molecule has 3 rings (SSSR count). The lowest BCUT2D eigenvalue weighted by atomic mass is 10.0. The van der Waals surface area contributed by atoms with Crippen LogP contribution < -0.4 is 21.3 Å². The zero-order chi connectivity index (χ0) is 33.5. The maximum absolute atomic E-state index is 12.9. The smallest absolute Gasteiger partial charge is 0.329 e. The van der Waals surface area contributed by atoms with Crippen LogP contribution in [0.4, 0.5) is 0 Å².